The van der Waals surface area contributed by atoms with Crippen LogP contribution in [0.25, 0.3) is 28.1 Å². The molecule has 6 N–H and O–H groups in total. The number of para-hydroxylation sites is 1. The summed E-state index contributed by atoms with van der Waals surface area (Å²) < 4.78 is 6.89. The number of benzene rings is 2. The van der Waals surface area contributed by atoms with Gasteiger partial charge < -0.3 is 31.0 Å². The smallest absolute Gasteiger partial charge is 0.373 e. The number of nitrogens with zero attached hydrogens (tertiary/aromatic N) is 4. The van der Waals surface area contributed by atoms with E-state index in [9.17, 15) is 10.2 Å². The molecule has 162 valence electrons. The number of rotatable bonds is 4. The summed E-state index contributed by atoms with van der Waals surface area (Å²) in [5.41, 5.74) is 7.19. The number of ether oxygens (including phenoxy) is 1. The molecule has 31 heavy (non-hydrogen) atoms. The molecule has 0 aliphatic carbocycles. The lowest BCUT2D eigenvalue weighted by atomic mass is 10.1. The fraction of sp³-hybridized carbons (Fsp3) is 0.158. The first kappa shape index (κ1) is 22.9. The predicted octanol–water partition coefficient (Wildman–Crippen LogP) is 1.26. The lowest BCUT2D eigenvalue weighted by Gasteiger charge is -2.13. The minimum atomic E-state index is -0.164. The van der Waals surface area contributed by atoms with Crippen LogP contribution in [0.3, 0.4) is 0 Å². The number of aromatic hydroxyl groups is 2. The Kier molecular flexibility index (Phi) is 7.67. The van der Waals surface area contributed by atoms with Crippen LogP contribution in [0.1, 0.15) is 0 Å². The van der Waals surface area contributed by atoms with Gasteiger partial charge in [0.1, 0.15) is 11.3 Å². The van der Waals surface area contributed by atoms with Crippen LogP contribution < -0.4 is 15.8 Å². The minimum absolute atomic E-state index is 0.145. The van der Waals surface area contributed by atoms with E-state index in [1.807, 2.05) is 18.2 Å². The van der Waals surface area contributed by atoms with Gasteiger partial charge in [0, 0.05) is 13.1 Å². The Bertz CT molecular complexity index is 1200. The highest BCUT2D eigenvalue weighted by molar-refractivity contribution is 5.85. The van der Waals surface area contributed by atoms with E-state index < -0.39 is 0 Å². The predicted molar refractivity (Wildman–Crippen MR) is 111 cm³/mol. The Morgan fingerprint density at radius 3 is 2.52 bits per heavy atom. The molecule has 0 saturated carbocycles. The van der Waals surface area contributed by atoms with Gasteiger partial charge in [-0.25, -0.2) is 4.98 Å². The van der Waals surface area contributed by atoms with Gasteiger partial charge in [-0.3, -0.25) is 4.57 Å². The zero-order valence-corrected chi connectivity index (χ0v) is 16.9. The summed E-state index contributed by atoms with van der Waals surface area (Å²) in [6.45, 7) is 0. The standard InChI is InChI=1S/C17H16N6O3.CH5N.CO2/c1-18-17-22-21-16(9-6-14(26-2)13(25)7-12(9)24)23(17)11-5-3-4-10-15(11)20-8-19-10;1-2;2-1-3/h3-8,24-25H,1-2H3,(H,18,22)(H,19,20);2H2,1H3;. The van der Waals surface area contributed by atoms with Crippen molar-refractivity contribution in [1.29, 1.82) is 0 Å². The Balaban J connectivity index is 0.000000630. The highest BCUT2D eigenvalue weighted by Crippen LogP contribution is 2.40. The Labute approximate surface area is 176 Å². The molecule has 0 radical (unpaired) electrons. The van der Waals surface area contributed by atoms with Crippen molar-refractivity contribution < 1.29 is 24.5 Å². The van der Waals surface area contributed by atoms with E-state index in [1.165, 1.54) is 26.3 Å². The van der Waals surface area contributed by atoms with Gasteiger partial charge in [-0.05, 0) is 25.2 Å². The number of imidazole rings is 1. The molecule has 0 fully saturated rings. The Morgan fingerprint density at radius 1 is 1.16 bits per heavy atom. The van der Waals surface area contributed by atoms with E-state index in [4.69, 9.17) is 14.3 Å². The number of methoxy groups -OCH3 is 1. The maximum Gasteiger partial charge on any atom is 0.373 e. The van der Waals surface area contributed by atoms with Crippen LogP contribution in [-0.2, 0) is 9.59 Å². The lowest BCUT2D eigenvalue weighted by molar-refractivity contribution is -0.191. The van der Waals surface area contributed by atoms with Crippen LogP contribution in [0, 0.1) is 0 Å². The molecule has 0 spiro atoms. The normalized spacial score (nSPS) is 9.68. The third-order valence-electron chi connectivity index (χ3n) is 4.09. The van der Waals surface area contributed by atoms with Crippen molar-refractivity contribution >= 4 is 23.1 Å². The van der Waals surface area contributed by atoms with Crippen LogP contribution >= 0.6 is 0 Å². The molecule has 2 aromatic heterocycles. The summed E-state index contributed by atoms with van der Waals surface area (Å²) in [7, 11) is 4.66. The van der Waals surface area contributed by atoms with Gasteiger partial charge in [-0.15, -0.1) is 10.2 Å². The molecular weight excluding hydrogens is 406 g/mol. The maximum absolute atomic E-state index is 10.4. The molecule has 0 aliphatic heterocycles. The molecule has 0 atom stereocenters. The molecule has 2 heterocycles. The Morgan fingerprint density at radius 2 is 1.87 bits per heavy atom. The molecule has 4 aromatic rings. The molecule has 0 bridgehead atoms. The average Bonchev–Trinajstić information content (AvgIpc) is 3.42. The fourth-order valence-electron chi connectivity index (χ4n) is 2.88. The summed E-state index contributed by atoms with van der Waals surface area (Å²) >= 11 is 0. The molecule has 2 aromatic carbocycles. The van der Waals surface area contributed by atoms with E-state index in [2.05, 4.69) is 31.2 Å². The Hall–Kier alpha value is -4.41. The van der Waals surface area contributed by atoms with Gasteiger partial charge in [0.15, 0.2) is 17.3 Å². The second-order valence-corrected chi connectivity index (χ2v) is 5.63. The lowest BCUT2D eigenvalue weighted by Crippen LogP contribution is -2.04. The van der Waals surface area contributed by atoms with Gasteiger partial charge in [0.25, 0.3) is 0 Å². The number of nitrogens with one attached hydrogen (secondary N) is 2. The molecule has 4 rings (SSSR count). The van der Waals surface area contributed by atoms with Crippen molar-refractivity contribution in [2.24, 2.45) is 5.73 Å². The average molecular weight is 427 g/mol. The zero-order chi connectivity index (χ0) is 23.0. The highest BCUT2D eigenvalue weighted by Gasteiger charge is 2.21. The van der Waals surface area contributed by atoms with Crippen LogP contribution in [0.4, 0.5) is 5.95 Å². The van der Waals surface area contributed by atoms with Gasteiger partial charge in [-0.2, -0.15) is 9.59 Å². The quantitative estimate of drug-likeness (QED) is 0.318. The fourth-order valence-corrected chi connectivity index (χ4v) is 2.88. The summed E-state index contributed by atoms with van der Waals surface area (Å²) in [5, 5.41) is 31.6. The van der Waals surface area contributed by atoms with Crippen LogP contribution in [-0.4, -0.2) is 62.3 Å². The van der Waals surface area contributed by atoms with Crippen LogP contribution in [0.5, 0.6) is 17.2 Å². The van der Waals surface area contributed by atoms with Crippen molar-refractivity contribution in [2.75, 3.05) is 26.5 Å². The first-order valence-corrected chi connectivity index (χ1v) is 8.78. The van der Waals surface area contributed by atoms with E-state index in [-0.39, 0.29) is 23.4 Å². The van der Waals surface area contributed by atoms with Crippen LogP contribution in [0.2, 0.25) is 0 Å². The number of aromatic nitrogens is 5. The number of hydrogen-bond donors (Lipinski definition) is 5. The number of nitrogens with two attached hydrogens (primary N) is 1. The molecular formula is C19H21N7O5. The molecule has 12 heteroatoms. The number of phenolic OH excluding ortho intramolecular Hbond substituents is 2. The first-order valence-electron chi connectivity index (χ1n) is 8.78. The van der Waals surface area contributed by atoms with E-state index in [1.54, 1.807) is 17.9 Å². The third-order valence-corrected chi connectivity index (χ3v) is 4.09. The number of H-pyrrole nitrogens is 1. The molecule has 12 nitrogen and oxygen atoms in total. The van der Waals surface area contributed by atoms with Crippen molar-refractivity contribution in [3.05, 3.63) is 36.7 Å². The zero-order valence-electron chi connectivity index (χ0n) is 16.9. The molecule has 0 amide bonds. The summed E-state index contributed by atoms with van der Waals surface area (Å²) in [4.78, 5) is 23.7. The van der Waals surface area contributed by atoms with E-state index >= 15 is 0 Å². The number of phenols is 2. The van der Waals surface area contributed by atoms with Gasteiger partial charge in [0.05, 0.1) is 30.2 Å². The number of carbonyl (C=O) groups excluding carboxylic acids is 2. The number of fused-ring (bicyclic) bond motifs is 1. The van der Waals surface area contributed by atoms with Gasteiger partial charge in [-0.1, -0.05) is 6.07 Å². The highest BCUT2D eigenvalue weighted by atomic mass is 16.5. The summed E-state index contributed by atoms with van der Waals surface area (Å²) in [6.07, 6.45) is 1.86. The number of anilines is 1. The number of hydrogen-bond acceptors (Lipinski definition) is 10. The first-order chi connectivity index (χ1) is 15.0. The van der Waals surface area contributed by atoms with Crippen molar-refractivity contribution in [3.63, 3.8) is 0 Å². The number of aromatic amines is 1. The molecule has 0 aliphatic rings. The second kappa shape index (κ2) is 10.4. The monoisotopic (exact) mass is 427 g/mol. The van der Waals surface area contributed by atoms with Gasteiger partial charge in [0.2, 0.25) is 5.95 Å². The largest absolute Gasteiger partial charge is 0.507 e. The second-order valence-electron chi connectivity index (χ2n) is 5.63. The van der Waals surface area contributed by atoms with Crippen molar-refractivity contribution in [2.45, 2.75) is 0 Å². The van der Waals surface area contributed by atoms with Crippen LogP contribution in [0.15, 0.2) is 36.7 Å². The maximum atomic E-state index is 10.4. The topological polar surface area (TPSA) is 181 Å². The molecule has 0 unspecified atom stereocenters. The third kappa shape index (κ3) is 4.45. The van der Waals surface area contributed by atoms with E-state index in [0.717, 1.165) is 16.7 Å². The minimum Gasteiger partial charge on any atom is -0.507 e. The van der Waals surface area contributed by atoms with Gasteiger partial charge >= 0.3 is 6.15 Å². The SMILES string of the molecule is CN.CNc1nnc(-c2cc(OC)c(O)cc2O)n1-c1cccc2[nH]cnc12.O=C=O. The van der Waals surface area contributed by atoms with Crippen molar-refractivity contribution in [1.82, 2.24) is 24.7 Å². The summed E-state index contributed by atoms with van der Waals surface area (Å²) in [6, 6.07) is 8.40. The van der Waals surface area contributed by atoms with Crippen molar-refractivity contribution in [3.8, 4) is 34.3 Å². The summed E-state index contributed by atoms with van der Waals surface area (Å²) in [5.74, 6) is 0.760. The van der Waals surface area contributed by atoms with E-state index in [0.29, 0.717) is 17.3 Å². The molecule has 0 saturated heterocycles.